The normalized spacial score (nSPS) is 27.7. The van der Waals surface area contributed by atoms with E-state index in [1.165, 1.54) is 19.4 Å². The van der Waals surface area contributed by atoms with Crippen LogP contribution in [0.1, 0.15) is 19.8 Å². The van der Waals surface area contributed by atoms with Crippen molar-refractivity contribution in [3.63, 3.8) is 0 Å². The number of imidazole rings is 1. The van der Waals surface area contributed by atoms with E-state index in [0.717, 1.165) is 32.8 Å². The van der Waals surface area contributed by atoms with E-state index in [4.69, 9.17) is 9.47 Å². The highest BCUT2D eigenvalue weighted by atomic mass is 16.7. The minimum absolute atomic E-state index is 0.353. The molecule has 2 saturated heterocycles. The minimum atomic E-state index is -0.353. The van der Waals surface area contributed by atoms with Crippen LogP contribution in [-0.4, -0.2) is 53.1 Å². The second kappa shape index (κ2) is 5.61. The van der Waals surface area contributed by atoms with Crippen molar-refractivity contribution in [1.29, 1.82) is 0 Å². The molecule has 3 heterocycles. The topological polar surface area (TPSA) is 39.5 Å². The van der Waals surface area contributed by atoms with Gasteiger partial charge < -0.3 is 18.9 Å². The molecule has 2 aliphatic rings. The second-order valence-electron chi connectivity index (χ2n) is 5.65. The molecule has 0 aromatic carbocycles. The molecular formula is C14H23N3O2. The first-order valence-electron chi connectivity index (χ1n) is 7.22. The zero-order valence-electron chi connectivity index (χ0n) is 11.6. The highest BCUT2D eigenvalue weighted by molar-refractivity contribution is 4.85. The van der Waals surface area contributed by atoms with Crippen LogP contribution >= 0.6 is 0 Å². The molecule has 2 fully saturated rings. The molecule has 0 bridgehead atoms. The summed E-state index contributed by atoms with van der Waals surface area (Å²) in [6.45, 7) is 7.91. The largest absolute Gasteiger partial charge is 0.347 e. The van der Waals surface area contributed by atoms with Crippen molar-refractivity contribution in [3.8, 4) is 0 Å². The van der Waals surface area contributed by atoms with Gasteiger partial charge in [0.15, 0.2) is 5.79 Å². The molecular weight excluding hydrogens is 242 g/mol. The van der Waals surface area contributed by atoms with E-state index < -0.39 is 0 Å². The van der Waals surface area contributed by atoms with Gasteiger partial charge in [0.05, 0.1) is 19.5 Å². The second-order valence-corrected chi connectivity index (χ2v) is 5.65. The molecule has 2 aliphatic heterocycles. The summed E-state index contributed by atoms with van der Waals surface area (Å²) in [6.07, 6.45) is 8.17. The Morgan fingerprint density at radius 3 is 2.89 bits per heavy atom. The smallest absolute Gasteiger partial charge is 0.169 e. The lowest BCUT2D eigenvalue weighted by atomic mass is 9.90. The number of aromatic nitrogens is 2. The lowest BCUT2D eigenvalue weighted by molar-refractivity contribution is -0.192. The van der Waals surface area contributed by atoms with Crippen LogP contribution in [0.4, 0.5) is 0 Å². The van der Waals surface area contributed by atoms with Crippen molar-refractivity contribution in [2.45, 2.75) is 32.1 Å². The maximum atomic E-state index is 5.81. The Kier molecular flexibility index (Phi) is 3.86. The lowest BCUT2D eigenvalue weighted by Crippen LogP contribution is -2.47. The third-order valence-corrected chi connectivity index (χ3v) is 4.34. The van der Waals surface area contributed by atoms with Crippen LogP contribution in [0.15, 0.2) is 18.7 Å². The molecule has 0 spiro atoms. The van der Waals surface area contributed by atoms with Gasteiger partial charge in [-0.15, -0.1) is 0 Å². The summed E-state index contributed by atoms with van der Waals surface area (Å²) in [6, 6.07) is 0. The predicted octanol–water partition coefficient (Wildman–Crippen LogP) is 1.36. The van der Waals surface area contributed by atoms with Gasteiger partial charge in [0, 0.05) is 37.9 Å². The first-order chi connectivity index (χ1) is 9.26. The molecule has 3 rings (SSSR count). The van der Waals surface area contributed by atoms with E-state index in [1.54, 1.807) is 0 Å². The van der Waals surface area contributed by atoms with Crippen LogP contribution in [-0.2, 0) is 16.0 Å². The van der Waals surface area contributed by atoms with Crippen LogP contribution in [0.3, 0.4) is 0 Å². The Hall–Kier alpha value is -0.910. The number of rotatable bonds is 4. The van der Waals surface area contributed by atoms with Gasteiger partial charge in [0.2, 0.25) is 0 Å². The Labute approximate surface area is 114 Å². The molecule has 0 aliphatic carbocycles. The summed E-state index contributed by atoms with van der Waals surface area (Å²) in [5.41, 5.74) is 0. The monoisotopic (exact) mass is 265 g/mol. The average Bonchev–Trinajstić information content (AvgIpc) is 3.09. The number of piperidine rings is 1. The van der Waals surface area contributed by atoms with E-state index in [2.05, 4.69) is 21.4 Å². The standard InChI is InChI=1S/C14H23N3O2/c1-14(18-9-10-19-14)13-3-2-5-16(11-13)7-8-17-6-4-15-12-17/h4,6,12-13H,2-3,5,7-11H2,1H3/t13-/m1/s1. The zero-order chi connectivity index (χ0) is 13.1. The van der Waals surface area contributed by atoms with Crippen LogP contribution in [0, 0.1) is 5.92 Å². The Morgan fingerprint density at radius 2 is 2.16 bits per heavy atom. The van der Waals surface area contributed by atoms with Crippen molar-refractivity contribution in [3.05, 3.63) is 18.7 Å². The van der Waals surface area contributed by atoms with Crippen molar-refractivity contribution >= 4 is 0 Å². The molecule has 106 valence electrons. The average molecular weight is 265 g/mol. The van der Waals surface area contributed by atoms with Gasteiger partial charge in [-0.2, -0.15) is 0 Å². The maximum absolute atomic E-state index is 5.81. The van der Waals surface area contributed by atoms with Crippen LogP contribution in [0.25, 0.3) is 0 Å². The molecule has 5 heteroatoms. The Balaban J connectivity index is 1.53. The Bertz CT molecular complexity index is 387. The maximum Gasteiger partial charge on any atom is 0.169 e. The summed E-state index contributed by atoms with van der Waals surface area (Å²) in [5, 5.41) is 0. The number of hydrogen-bond donors (Lipinski definition) is 0. The first-order valence-corrected chi connectivity index (χ1v) is 7.22. The highest BCUT2D eigenvalue weighted by Gasteiger charge is 2.41. The molecule has 0 radical (unpaired) electrons. The minimum Gasteiger partial charge on any atom is -0.347 e. The summed E-state index contributed by atoms with van der Waals surface area (Å²) in [7, 11) is 0. The fourth-order valence-corrected chi connectivity index (χ4v) is 3.13. The molecule has 5 nitrogen and oxygen atoms in total. The number of likely N-dealkylation sites (tertiary alicyclic amines) is 1. The van der Waals surface area contributed by atoms with Gasteiger partial charge in [-0.05, 0) is 26.3 Å². The van der Waals surface area contributed by atoms with Crippen molar-refractivity contribution in [2.75, 3.05) is 32.8 Å². The number of ether oxygens (including phenoxy) is 2. The van der Waals surface area contributed by atoms with Gasteiger partial charge in [0.25, 0.3) is 0 Å². The summed E-state index contributed by atoms with van der Waals surface area (Å²) >= 11 is 0. The number of hydrogen-bond acceptors (Lipinski definition) is 4. The van der Waals surface area contributed by atoms with Gasteiger partial charge in [-0.25, -0.2) is 4.98 Å². The quantitative estimate of drug-likeness (QED) is 0.824. The molecule has 0 N–H and O–H groups in total. The highest BCUT2D eigenvalue weighted by Crippen LogP contribution is 2.33. The van der Waals surface area contributed by atoms with Gasteiger partial charge in [-0.3, -0.25) is 0 Å². The summed E-state index contributed by atoms with van der Waals surface area (Å²) in [4.78, 5) is 6.60. The molecule has 0 saturated carbocycles. The molecule has 1 aromatic rings. The summed E-state index contributed by atoms with van der Waals surface area (Å²) in [5.74, 6) is 0.139. The van der Waals surface area contributed by atoms with Crippen LogP contribution in [0.5, 0.6) is 0 Å². The third kappa shape index (κ3) is 2.99. The number of nitrogens with zero attached hydrogens (tertiary/aromatic N) is 3. The molecule has 19 heavy (non-hydrogen) atoms. The zero-order valence-corrected chi connectivity index (χ0v) is 11.6. The van der Waals surface area contributed by atoms with Gasteiger partial charge in [0.1, 0.15) is 0 Å². The van der Waals surface area contributed by atoms with Gasteiger partial charge in [-0.1, -0.05) is 0 Å². The fourth-order valence-electron chi connectivity index (χ4n) is 3.13. The molecule has 0 unspecified atom stereocenters. The van der Waals surface area contributed by atoms with E-state index in [-0.39, 0.29) is 5.79 Å². The predicted molar refractivity (Wildman–Crippen MR) is 71.7 cm³/mol. The van der Waals surface area contributed by atoms with E-state index in [0.29, 0.717) is 5.92 Å². The SMILES string of the molecule is CC1([C@@H]2CCCN(CCn3ccnc3)C2)OCCO1. The van der Waals surface area contributed by atoms with E-state index in [9.17, 15) is 0 Å². The van der Waals surface area contributed by atoms with Crippen molar-refractivity contribution in [1.82, 2.24) is 14.5 Å². The van der Waals surface area contributed by atoms with Crippen molar-refractivity contribution in [2.24, 2.45) is 5.92 Å². The van der Waals surface area contributed by atoms with Crippen molar-refractivity contribution < 1.29 is 9.47 Å². The molecule has 1 atom stereocenters. The fraction of sp³-hybridized carbons (Fsp3) is 0.786. The third-order valence-electron chi connectivity index (χ3n) is 4.34. The first kappa shape index (κ1) is 13.1. The van der Waals surface area contributed by atoms with E-state index in [1.807, 2.05) is 18.7 Å². The lowest BCUT2D eigenvalue weighted by Gasteiger charge is -2.39. The molecule has 1 aromatic heterocycles. The van der Waals surface area contributed by atoms with Crippen LogP contribution in [0.2, 0.25) is 0 Å². The Morgan fingerprint density at radius 1 is 1.32 bits per heavy atom. The van der Waals surface area contributed by atoms with Crippen LogP contribution < -0.4 is 0 Å². The van der Waals surface area contributed by atoms with E-state index >= 15 is 0 Å². The molecule has 0 amide bonds. The van der Waals surface area contributed by atoms with Gasteiger partial charge >= 0.3 is 0 Å². The summed E-state index contributed by atoms with van der Waals surface area (Å²) < 4.78 is 13.8.